The fourth-order valence-electron chi connectivity index (χ4n) is 3.95. The van der Waals surface area contributed by atoms with Gasteiger partial charge in [0.05, 0.1) is 18.3 Å². The largest absolute Gasteiger partial charge is 0.363 e. The predicted molar refractivity (Wildman–Crippen MR) is 102 cm³/mol. The molecule has 3 aliphatic rings. The van der Waals surface area contributed by atoms with Crippen LogP contribution >= 0.6 is 0 Å². The molecule has 27 heavy (non-hydrogen) atoms. The van der Waals surface area contributed by atoms with E-state index in [2.05, 4.69) is 33.3 Å². The van der Waals surface area contributed by atoms with Gasteiger partial charge in [0, 0.05) is 26.1 Å². The summed E-state index contributed by atoms with van der Waals surface area (Å²) >= 11 is 0. The van der Waals surface area contributed by atoms with Crippen molar-refractivity contribution in [1.29, 1.82) is 0 Å². The maximum absolute atomic E-state index is 13.0. The van der Waals surface area contributed by atoms with Crippen molar-refractivity contribution >= 4 is 11.7 Å². The normalized spacial score (nSPS) is 22.1. The van der Waals surface area contributed by atoms with E-state index in [9.17, 15) is 4.79 Å². The molecule has 0 N–H and O–H groups in total. The summed E-state index contributed by atoms with van der Waals surface area (Å²) in [5.41, 5.74) is 3.34. The molecule has 3 heterocycles. The lowest BCUT2D eigenvalue weighted by Crippen LogP contribution is -2.61. The summed E-state index contributed by atoms with van der Waals surface area (Å²) in [5.74, 6) is 1.57. The number of carbonyl (C=O) groups is 1. The van der Waals surface area contributed by atoms with Crippen molar-refractivity contribution in [2.75, 3.05) is 31.6 Å². The van der Waals surface area contributed by atoms with Gasteiger partial charge < -0.3 is 14.5 Å². The van der Waals surface area contributed by atoms with Crippen LogP contribution in [0.15, 0.2) is 36.4 Å². The van der Waals surface area contributed by atoms with Gasteiger partial charge in [0.15, 0.2) is 11.9 Å². The Morgan fingerprint density at radius 1 is 1.15 bits per heavy atom. The molecule has 2 aromatic rings. The zero-order valence-electron chi connectivity index (χ0n) is 15.5. The average molecular weight is 364 g/mol. The van der Waals surface area contributed by atoms with E-state index in [1.165, 1.54) is 18.4 Å². The van der Waals surface area contributed by atoms with Gasteiger partial charge in [-0.1, -0.05) is 24.3 Å². The van der Waals surface area contributed by atoms with Crippen LogP contribution in [0.2, 0.25) is 0 Å². The lowest BCUT2D eigenvalue weighted by Gasteiger charge is -2.45. The molecule has 0 spiro atoms. The number of hydrogen-bond acceptors (Lipinski definition) is 5. The maximum Gasteiger partial charge on any atom is 0.256 e. The summed E-state index contributed by atoms with van der Waals surface area (Å²) in [4.78, 5) is 17.0. The number of likely N-dealkylation sites (N-methyl/N-ethyl adjacent to an activating group) is 1. The molecule has 1 amide bonds. The van der Waals surface area contributed by atoms with Gasteiger partial charge in [0.25, 0.3) is 5.91 Å². The Kier molecular flexibility index (Phi) is 4.08. The molecule has 6 heteroatoms. The second-order valence-corrected chi connectivity index (χ2v) is 7.80. The molecule has 2 aliphatic heterocycles. The van der Waals surface area contributed by atoms with Crippen molar-refractivity contribution in [3.63, 3.8) is 0 Å². The molecule has 1 aliphatic carbocycles. The molecule has 140 valence electrons. The van der Waals surface area contributed by atoms with Crippen molar-refractivity contribution in [2.24, 2.45) is 0 Å². The molecular formula is C21H24N4O2. The highest BCUT2D eigenvalue weighted by molar-refractivity contribution is 5.83. The number of amides is 1. The second-order valence-electron chi connectivity index (χ2n) is 7.80. The quantitative estimate of drug-likeness (QED) is 0.833. The van der Waals surface area contributed by atoms with Crippen molar-refractivity contribution in [3.05, 3.63) is 53.2 Å². The number of fused-ring (bicyclic) bond motifs is 1. The van der Waals surface area contributed by atoms with E-state index < -0.39 is 6.10 Å². The van der Waals surface area contributed by atoms with Gasteiger partial charge in [-0.2, -0.15) is 5.10 Å². The Bertz CT molecular complexity index is 844. The fourth-order valence-corrected chi connectivity index (χ4v) is 3.95. The number of nitrogens with zero attached hydrogens (tertiary/aromatic N) is 4. The van der Waals surface area contributed by atoms with Crippen molar-refractivity contribution < 1.29 is 9.53 Å². The third-order valence-electron chi connectivity index (χ3n) is 5.97. The Hall–Kier alpha value is -2.47. The van der Waals surface area contributed by atoms with Crippen LogP contribution in [-0.2, 0) is 16.0 Å². The third kappa shape index (κ3) is 3.08. The molecule has 1 aromatic carbocycles. The van der Waals surface area contributed by atoms with Crippen LogP contribution in [0.1, 0.15) is 41.7 Å². The minimum atomic E-state index is -0.480. The molecule has 1 saturated heterocycles. The number of aromatic nitrogens is 2. The molecule has 1 saturated carbocycles. The van der Waals surface area contributed by atoms with Gasteiger partial charge in [-0.05, 0) is 42.5 Å². The molecule has 1 atom stereocenters. The minimum absolute atomic E-state index is 0.0435. The van der Waals surface area contributed by atoms with Gasteiger partial charge in [-0.15, -0.1) is 5.10 Å². The molecule has 5 rings (SSSR count). The molecule has 6 nitrogen and oxygen atoms in total. The second kappa shape index (κ2) is 6.60. The summed E-state index contributed by atoms with van der Waals surface area (Å²) in [7, 11) is 1.88. The molecular weight excluding hydrogens is 340 g/mol. The van der Waals surface area contributed by atoms with Crippen molar-refractivity contribution in [3.8, 4) is 0 Å². The van der Waals surface area contributed by atoms with Gasteiger partial charge in [0.1, 0.15) is 0 Å². The van der Waals surface area contributed by atoms with E-state index in [0.29, 0.717) is 12.5 Å². The predicted octanol–water partition coefficient (Wildman–Crippen LogP) is 2.32. The molecule has 0 bridgehead atoms. The first-order chi connectivity index (χ1) is 13.2. The Morgan fingerprint density at radius 2 is 1.96 bits per heavy atom. The lowest BCUT2D eigenvalue weighted by atomic mass is 9.96. The molecule has 2 fully saturated rings. The van der Waals surface area contributed by atoms with Crippen LogP contribution in [0.4, 0.5) is 5.82 Å². The number of carbonyl (C=O) groups excluding carboxylic acids is 1. The fraction of sp³-hybridized carbons (Fsp3) is 0.476. The van der Waals surface area contributed by atoms with E-state index >= 15 is 0 Å². The monoisotopic (exact) mass is 364 g/mol. The highest BCUT2D eigenvalue weighted by Crippen LogP contribution is 2.39. The van der Waals surface area contributed by atoms with Crippen LogP contribution in [-0.4, -0.2) is 53.8 Å². The summed E-state index contributed by atoms with van der Waals surface area (Å²) in [5, 5.41) is 8.72. The Labute approximate surface area is 159 Å². The van der Waals surface area contributed by atoms with E-state index in [-0.39, 0.29) is 11.9 Å². The van der Waals surface area contributed by atoms with E-state index in [1.54, 1.807) is 0 Å². The van der Waals surface area contributed by atoms with Crippen molar-refractivity contribution in [2.45, 2.75) is 37.3 Å². The Balaban J connectivity index is 1.22. The third-order valence-corrected chi connectivity index (χ3v) is 5.97. The summed E-state index contributed by atoms with van der Waals surface area (Å²) in [6.45, 7) is 2.17. The minimum Gasteiger partial charge on any atom is -0.363 e. The Morgan fingerprint density at radius 3 is 2.70 bits per heavy atom. The topological polar surface area (TPSA) is 58.6 Å². The van der Waals surface area contributed by atoms with Gasteiger partial charge in [-0.3, -0.25) is 4.79 Å². The van der Waals surface area contributed by atoms with Gasteiger partial charge in [0.2, 0.25) is 0 Å². The van der Waals surface area contributed by atoms with E-state index in [4.69, 9.17) is 4.74 Å². The standard InChI is InChI=1S/C21H24N4O2/c1-24(21(26)20-17-5-3-2-4-14(17)10-11-27-20)16-12-25(13-16)19-9-8-18(22-23-19)15-6-7-15/h2-5,8-9,15-16,20H,6-7,10-13H2,1H3. The van der Waals surface area contributed by atoms with Crippen LogP contribution in [0.3, 0.4) is 0 Å². The van der Waals surface area contributed by atoms with Gasteiger partial charge in [-0.25, -0.2) is 0 Å². The molecule has 1 aromatic heterocycles. The highest BCUT2D eigenvalue weighted by Gasteiger charge is 2.38. The first-order valence-corrected chi connectivity index (χ1v) is 9.75. The zero-order chi connectivity index (χ0) is 18.4. The number of anilines is 1. The number of hydrogen-bond donors (Lipinski definition) is 0. The smallest absolute Gasteiger partial charge is 0.256 e. The average Bonchev–Trinajstić information content (AvgIpc) is 3.51. The van der Waals surface area contributed by atoms with Crippen LogP contribution < -0.4 is 4.90 Å². The van der Waals surface area contributed by atoms with Crippen molar-refractivity contribution in [1.82, 2.24) is 15.1 Å². The highest BCUT2D eigenvalue weighted by atomic mass is 16.5. The lowest BCUT2D eigenvalue weighted by molar-refractivity contribution is -0.146. The summed E-state index contributed by atoms with van der Waals surface area (Å²) < 4.78 is 5.83. The summed E-state index contributed by atoms with van der Waals surface area (Å²) in [6.07, 6.45) is 2.86. The number of rotatable bonds is 4. The first kappa shape index (κ1) is 16.7. The molecule has 1 unspecified atom stereocenters. The zero-order valence-corrected chi connectivity index (χ0v) is 15.5. The van der Waals surface area contributed by atoms with E-state index in [0.717, 1.165) is 36.6 Å². The molecule has 0 radical (unpaired) electrons. The van der Waals surface area contributed by atoms with E-state index in [1.807, 2.05) is 30.1 Å². The van der Waals surface area contributed by atoms with Gasteiger partial charge >= 0.3 is 0 Å². The number of ether oxygens (including phenoxy) is 1. The first-order valence-electron chi connectivity index (χ1n) is 9.75. The van der Waals surface area contributed by atoms with Crippen LogP contribution in [0, 0.1) is 0 Å². The van der Waals surface area contributed by atoms with Crippen LogP contribution in [0.25, 0.3) is 0 Å². The maximum atomic E-state index is 13.0. The SMILES string of the molecule is CN(C(=O)C1OCCc2ccccc21)C1CN(c2ccc(C3CC3)nn2)C1. The number of benzene rings is 1. The summed E-state index contributed by atoms with van der Waals surface area (Å²) in [6, 6.07) is 12.4. The van der Waals surface area contributed by atoms with Crippen LogP contribution in [0.5, 0.6) is 0 Å².